The smallest absolute Gasteiger partial charge is 0.429 e. The molecule has 2 N–H and O–H groups in total. The van der Waals surface area contributed by atoms with Gasteiger partial charge in [0.25, 0.3) is 0 Å². The fourth-order valence-corrected chi connectivity index (χ4v) is 0.554. The molecule has 1 aliphatic carbocycles. The Balaban J connectivity index is 0.000000120. The van der Waals surface area contributed by atoms with Gasteiger partial charge < -0.3 is 10.0 Å². The zero-order valence-corrected chi connectivity index (χ0v) is 4.65. The van der Waals surface area contributed by atoms with E-state index in [4.69, 9.17) is 10.0 Å². The average Bonchev–Trinajstić information content (AvgIpc) is 1.81. The van der Waals surface area contributed by atoms with E-state index in [0.29, 0.717) is 0 Å². The van der Waals surface area contributed by atoms with Crippen molar-refractivity contribution in [1.82, 2.24) is 4.98 Å². The van der Waals surface area contributed by atoms with Crippen LogP contribution >= 0.6 is 0 Å². The van der Waals surface area contributed by atoms with E-state index in [1.54, 1.807) is 0 Å². The molecule has 45 valence electrons. The summed E-state index contributed by atoms with van der Waals surface area (Å²) in [5.74, 6) is 0. The van der Waals surface area contributed by atoms with Crippen LogP contribution in [0.5, 0.6) is 0 Å². The number of hydrogen-bond donors (Lipinski definition) is 2. The van der Waals surface area contributed by atoms with E-state index < -0.39 is 0 Å². The normalized spacial score (nSPS) is 9.11. The van der Waals surface area contributed by atoms with E-state index in [-0.39, 0.29) is 7.69 Å². The summed E-state index contributed by atoms with van der Waals surface area (Å²) in [6, 6.07) is 4.07. The predicted octanol–water partition coefficient (Wildman–Crippen LogP) is -0.433. The van der Waals surface area contributed by atoms with Gasteiger partial charge in [-0.2, -0.15) is 0 Å². The van der Waals surface area contributed by atoms with Crippen molar-refractivity contribution in [3.05, 3.63) is 18.3 Å². The Morgan fingerprint density at radius 3 is 1.89 bits per heavy atom. The number of fused-ring (bicyclic) bond motifs is 1. The molecule has 0 aromatic carbocycles. The molecule has 3 nitrogen and oxygen atoms in total. The summed E-state index contributed by atoms with van der Waals surface area (Å²) < 4.78 is 0. The molecule has 0 atom stereocenters. The first-order valence-electron chi connectivity index (χ1n) is 2.45. The molecule has 4 heteroatoms. The van der Waals surface area contributed by atoms with Crippen molar-refractivity contribution < 1.29 is 10.0 Å². The number of pyridine rings is 1. The molecule has 0 aromatic heterocycles. The molecule has 0 aromatic rings. The summed E-state index contributed by atoms with van der Waals surface area (Å²) >= 11 is 0. The number of aromatic nitrogens is 1. The highest BCUT2D eigenvalue weighted by molar-refractivity contribution is 6.13. The van der Waals surface area contributed by atoms with E-state index in [0.717, 1.165) is 0 Å². The molecule has 0 amide bonds. The highest BCUT2D eigenvalue weighted by atomic mass is 16.4. The minimum absolute atomic E-state index is 0. The van der Waals surface area contributed by atoms with Crippen molar-refractivity contribution in [2.45, 2.75) is 0 Å². The van der Waals surface area contributed by atoms with Gasteiger partial charge in [-0.05, 0) is 12.1 Å². The molecule has 0 fully saturated rings. The fraction of sp³-hybridized carbons (Fsp3) is 0. The highest BCUT2D eigenvalue weighted by Crippen LogP contribution is 2.25. The lowest BCUT2D eigenvalue weighted by molar-refractivity contribution is 0.448. The molecule has 1 heterocycles. The molecule has 0 bridgehead atoms. The van der Waals surface area contributed by atoms with Crippen LogP contribution in [0.2, 0.25) is 0 Å². The van der Waals surface area contributed by atoms with Gasteiger partial charge in [0.15, 0.2) is 0 Å². The van der Waals surface area contributed by atoms with E-state index in [1.807, 2.05) is 12.3 Å². The van der Waals surface area contributed by atoms with Gasteiger partial charge in [0.05, 0.1) is 5.69 Å². The van der Waals surface area contributed by atoms with E-state index in [9.17, 15) is 0 Å². The van der Waals surface area contributed by atoms with Crippen molar-refractivity contribution in [3.8, 4) is 11.3 Å². The molecule has 2 aliphatic rings. The third-order valence-corrected chi connectivity index (χ3v) is 1.06. The van der Waals surface area contributed by atoms with Crippen molar-refractivity contribution >= 4 is 7.69 Å². The molecule has 9 heavy (non-hydrogen) atoms. The summed E-state index contributed by atoms with van der Waals surface area (Å²) in [7, 11) is 0. The maximum atomic E-state index is 7.00. The molecular weight excluding hydrogens is 117 g/mol. The third-order valence-electron chi connectivity index (χ3n) is 1.06. The second kappa shape index (κ2) is 2.61. The number of hydrogen-bond acceptors (Lipinski definition) is 3. The van der Waals surface area contributed by atoms with Crippen LogP contribution in [-0.2, 0) is 0 Å². The van der Waals surface area contributed by atoms with Gasteiger partial charge in [-0.1, -0.05) is 0 Å². The van der Waals surface area contributed by atoms with Gasteiger partial charge in [0.2, 0.25) is 0 Å². The minimum atomic E-state index is 0. The molecule has 0 unspecified atom stereocenters. The van der Waals surface area contributed by atoms with Gasteiger partial charge in [-0.15, -0.1) is 0 Å². The third kappa shape index (κ3) is 1.09. The monoisotopic (exact) mass is 122 g/mol. The second-order valence-electron chi connectivity index (χ2n) is 1.55. The van der Waals surface area contributed by atoms with Crippen molar-refractivity contribution in [1.29, 1.82) is 0 Å². The van der Waals surface area contributed by atoms with E-state index in [2.05, 4.69) is 11.1 Å². The van der Waals surface area contributed by atoms with Crippen molar-refractivity contribution in [3.63, 3.8) is 0 Å². The Morgan fingerprint density at radius 2 is 1.89 bits per heavy atom. The predicted molar refractivity (Wildman–Crippen MR) is 33.4 cm³/mol. The highest BCUT2D eigenvalue weighted by Gasteiger charge is 2.06. The molecule has 0 saturated heterocycles. The quantitative estimate of drug-likeness (QED) is 0.466. The van der Waals surface area contributed by atoms with Gasteiger partial charge in [0, 0.05) is 11.8 Å². The largest absolute Gasteiger partial charge is 0.482 e. The second-order valence-corrected chi connectivity index (χ2v) is 1.55. The molecule has 0 saturated carbocycles. The lowest BCUT2D eigenvalue weighted by Crippen LogP contribution is -1.92. The van der Waals surface area contributed by atoms with Gasteiger partial charge in [-0.3, -0.25) is 4.98 Å². The van der Waals surface area contributed by atoms with E-state index in [1.165, 1.54) is 11.3 Å². The Kier molecular flexibility index (Phi) is 1.82. The maximum Gasteiger partial charge on any atom is 0.482 e. The Morgan fingerprint density at radius 1 is 1.33 bits per heavy atom. The summed E-state index contributed by atoms with van der Waals surface area (Å²) in [5.41, 5.74) is 2.49. The molecule has 1 aliphatic heterocycles. The number of rotatable bonds is 0. The Hall–Kier alpha value is -0.865. The van der Waals surface area contributed by atoms with Crippen LogP contribution in [0.25, 0.3) is 11.3 Å². The molecule has 0 spiro atoms. The zero-order chi connectivity index (χ0) is 6.69. The summed E-state index contributed by atoms with van der Waals surface area (Å²) in [6.07, 6.45) is 1.87. The maximum absolute atomic E-state index is 7.00. The van der Waals surface area contributed by atoms with Crippen molar-refractivity contribution in [2.75, 3.05) is 0 Å². The average molecular weight is 122 g/mol. The van der Waals surface area contributed by atoms with Crippen LogP contribution in [0.1, 0.15) is 0 Å². The minimum Gasteiger partial charge on any atom is -0.429 e. The van der Waals surface area contributed by atoms with Gasteiger partial charge in [0.1, 0.15) is 0 Å². The van der Waals surface area contributed by atoms with Crippen LogP contribution < -0.4 is 0 Å². The Bertz CT molecular complexity index is 166. The number of nitrogens with zero attached hydrogens (tertiary/aromatic N) is 1. The van der Waals surface area contributed by atoms with Crippen molar-refractivity contribution in [2.24, 2.45) is 0 Å². The van der Waals surface area contributed by atoms with E-state index >= 15 is 0 Å². The summed E-state index contributed by atoms with van der Waals surface area (Å²) in [6.45, 7) is 0. The standard InChI is InChI=1S/C5H3N.BH2O2/c1-2-5-4(1)3-6-5;2-1-3/h1-3H;2-3H. The first kappa shape index (κ1) is 6.26. The van der Waals surface area contributed by atoms with Gasteiger partial charge in [-0.25, -0.2) is 0 Å². The van der Waals surface area contributed by atoms with Crippen LogP contribution in [0.3, 0.4) is 0 Å². The lowest BCUT2D eigenvalue weighted by Gasteiger charge is -2.08. The topological polar surface area (TPSA) is 53.4 Å². The van der Waals surface area contributed by atoms with Crippen LogP contribution in [0, 0.1) is 0 Å². The van der Waals surface area contributed by atoms with Crippen LogP contribution in [0.15, 0.2) is 18.3 Å². The summed E-state index contributed by atoms with van der Waals surface area (Å²) in [5, 5.41) is 14.0. The van der Waals surface area contributed by atoms with Crippen LogP contribution in [-0.4, -0.2) is 22.7 Å². The van der Waals surface area contributed by atoms with Crippen LogP contribution in [0.4, 0.5) is 0 Å². The first-order chi connectivity index (χ1) is 4.38. The molecule has 2 rings (SSSR count). The molecule has 1 radical (unpaired) electrons. The summed E-state index contributed by atoms with van der Waals surface area (Å²) in [4.78, 5) is 3.91. The lowest BCUT2D eigenvalue weighted by atomic mass is 10.1. The fourth-order valence-electron chi connectivity index (χ4n) is 0.554. The first-order valence-corrected chi connectivity index (χ1v) is 2.45. The molecular formula is C5H5BNO2. The Labute approximate surface area is 53.3 Å². The SMILES string of the molecule is O[B]O.c1cc2ncc1-2. The van der Waals surface area contributed by atoms with Gasteiger partial charge >= 0.3 is 7.69 Å². The zero-order valence-electron chi connectivity index (χ0n) is 4.65.